The average molecular weight is 591 g/mol. The highest BCUT2D eigenvalue weighted by atomic mass is 31.2. The maximum absolute atomic E-state index is 13.0. The lowest BCUT2D eigenvalue weighted by molar-refractivity contribution is -0.137. The molecule has 0 aromatic carbocycles. The van der Waals surface area contributed by atoms with Gasteiger partial charge in [0, 0.05) is 40.3 Å². The van der Waals surface area contributed by atoms with Crippen molar-refractivity contribution >= 4 is 21.7 Å². The van der Waals surface area contributed by atoms with Gasteiger partial charge in [-0.15, -0.1) is 6.58 Å². The fourth-order valence-electron chi connectivity index (χ4n) is 4.64. The molecule has 0 rings (SSSR count). The number of rotatable bonds is 23. The molecule has 0 N–H and O–H groups in total. The number of hydrogen-bond acceptors (Lipinski definition) is 8. The van der Waals surface area contributed by atoms with Crippen LogP contribution in [0.3, 0.4) is 0 Å². The van der Waals surface area contributed by atoms with E-state index in [1.807, 2.05) is 25.2 Å². The van der Waals surface area contributed by atoms with Gasteiger partial charge >= 0.3 is 7.60 Å². The molecule has 10 heteroatoms. The summed E-state index contributed by atoms with van der Waals surface area (Å²) in [6.07, 6.45) is 8.35. The normalized spacial score (nSPS) is 17.1. The van der Waals surface area contributed by atoms with Crippen molar-refractivity contribution in [1.29, 1.82) is 0 Å². The Morgan fingerprint density at radius 1 is 1.00 bits per heavy atom. The van der Waals surface area contributed by atoms with Crippen LogP contribution >= 0.6 is 7.60 Å². The minimum atomic E-state index is -3.45. The van der Waals surface area contributed by atoms with Crippen molar-refractivity contribution in [3.63, 3.8) is 0 Å². The summed E-state index contributed by atoms with van der Waals surface area (Å²) in [6.45, 7) is 16.4. The molecule has 0 aromatic rings. The molecule has 5 atom stereocenters. The van der Waals surface area contributed by atoms with E-state index >= 15 is 0 Å². The zero-order valence-electron chi connectivity index (χ0n) is 26.1. The van der Waals surface area contributed by atoms with Crippen LogP contribution in [0, 0.1) is 11.8 Å². The molecule has 0 aliphatic heterocycles. The molecule has 0 aromatic heterocycles. The van der Waals surface area contributed by atoms with E-state index in [0.717, 1.165) is 36.5 Å². The Balaban J connectivity index is 6.47. The molecular formula is C29H55O8PSi. The summed E-state index contributed by atoms with van der Waals surface area (Å²) in [7, 11) is 0.331. The summed E-state index contributed by atoms with van der Waals surface area (Å²) >= 11 is 0. The molecule has 0 bridgehead atoms. The maximum atomic E-state index is 13.0. The quantitative estimate of drug-likeness (QED) is 0.0407. The van der Waals surface area contributed by atoms with E-state index in [0.29, 0.717) is 0 Å². The van der Waals surface area contributed by atoms with Gasteiger partial charge in [-0.3, -0.25) is 9.36 Å². The van der Waals surface area contributed by atoms with E-state index in [-0.39, 0.29) is 43.0 Å². The SMILES string of the molecule is C=CCCC=C[C@H](OC)[C@@H](OCOC)[C@H](C)[C@@H](O[Si](CC)(CC)CC)C(C)=C[C@H](C)C(=O)CP(=O)(OC)OC. The minimum Gasteiger partial charge on any atom is -0.410 e. The Bertz CT molecular complexity index is 795. The molecule has 0 aliphatic carbocycles. The van der Waals surface area contributed by atoms with Crippen molar-refractivity contribution < 1.29 is 37.0 Å². The van der Waals surface area contributed by atoms with Gasteiger partial charge in [-0.2, -0.15) is 0 Å². The van der Waals surface area contributed by atoms with Gasteiger partial charge in [0.25, 0.3) is 0 Å². The van der Waals surface area contributed by atoms with E-state index in [9.17, 15) is 9.36 Å². The van der Waals surface area contributed by atoms with Crippen LogP contribution in [0.2, 0.25) is 18.1 Å². The number of allylic oxidation sites excluding steroid dienone is 3. The number of hydrogen-bond donors (Lipinski definition) is 0. The second kappa shape index (κ2) is 20.1. The lowest BCUT2D eigenvalue weighted by Gasteiger charge is -2.40. The minimum absolute atomic E-state index is 0.112. The van der Waals surface area contributed by atoms with Gasteiger partial charge in [-0.1, -0.05) is 58.9 Å². The van der Waals surface area contributed by atoms with Gasteiger partial charge in [0.2, 0.25) is 0 Å². The molecule has 0 spiro atoms. The first-order valence-corrected chi connectivity index (χ1v) is 18.2. The maximum Gasteiger partial charge on any atom is 0.337 e. The molecular weight excluding hydrogens is 535 g/mol. The first kappa shape index (κ1) is 38.1. The molecule has 8 nitrogen and oxygen atoms in total. The van der Waals surface area contributed by atoms with Gasteiger partial charge in [0.05, 0.1) is 12.2 Å². The summed E-state index contributed by atoms with van der Waals surface area (Å²) in [5, 5.41) is 0. The number of Topliss-reactive ketones (excluding diaryl/α,β-unsaturated/α-hetero) is 1. The molecule has 0 aliphatic rings. The molecule has 0 saturated heterocycles. The van der Waals surface area contributed by atoms with Crippen molar-refractivity contribution in [2.24, 2.45) is 11.8 Å². The first-order valence-electron chi connectivity index (χ1n) is 14.0. The lowest BCUT2D eigenvalue weighted by atomic mass is 9.88. The molecule has 39 heavy (non-hydrogen) atoms. The largest absolute Gasteiger partial charge is 0.410 e. The average Bonchev–Trinajstić information content (AvgIpc) is 2.94. The summed E-state index contributed by atoms with van der Waals surface area (Å²) in [5.41, 5.74) is 0.928. The summed E-state index contributed by atoms with van der Waals surface area (Å²) < 4.78 is 47.0. The van der Waals surface area contributed by atoms with Crippen LogP contribution in [-0.2, 0) is 37.0 Å². The Morgan fingerprint density at radius 3 is 2.05 bits per heavy atom. The number of methoxy groups -OCH3 is 2. The van der Waals surface area contributed by atoms with Gasteiger partial charge in [-0.25, -0.2) is 0 Å². The van der Waals surface area contributed by atoms with Gasteiger partial charge in [0.15, 0.2) is 14.1 Å². The Labute approximate surface area is 239 Å². The Morgan fingerprint density at radius 2 is 1.59 bits per heavy atom. The highest BCUT2D eigenvalue weighted by Gasteiger charge is 2.39. The highest BCUT2D eigenvalue weighted by molar-refractivity contribution is 7.54. The molecule has 0 saturated carbocycles. The van der Waals surface area contributed by atoms with E-state index in [4.69, 9.17) is 27.7 Å². The van der Waals surface area contributed by atoms with Gasteiger partial charge in [-0.05, 0) is 43.5 Å². The number of ether oxygens (including phenoxy) is 3. The summed E-state index contributed by atoms with van der Waals surface area (Å²) in [5.74, 6) is -0.851. The van der Waals surface area contributed by atoms with E-state index in [1.54, 1.807) is 21.1 Å². The fourth-order valence-corrected chi connectivity index (χ4v) is 8.65. The Kier molecular flexibility index (Phi) is 19.6. The van der Waals surface area contributed by atoms with Crippen LogP contribution in [0.1, 0.15) is 54.4 Å². The topological polar surface area (TPSA) is 89.5 Å². The van der Waals surface area contributed by atoms with Crippen LogP contribution in [0.25, 0.3) is 0 Å². The van der Waals surface area contributed by atoms with Gasteiger partial charge < -0.3 is 27.7 Å². The van der Waals surface area contributed by atoms with Crippen LogP contribution in [0.4, 0.5) is 0 Å². The number of carbonyl (C=O) groups excluding carboxylic acids is 1. The third-order valence-corrected chi connectivity index (χ3v) is 14.0. The highest BCUT2D eigenvalue weighted by Crippen LogP contribution is 2.46. The standard InChI is InChI=1S/C29H55O8PSi/c1-12-16-17-18-19-27(33-9)29(36-22-32-8)25(7)28(37-39(13-2,14-3)15-4)24(6)20-23(5)26(30)21-38(31,34-10)35-11/h12,18-20,23,25,27-29H,1,13-17,21-22H2,2-11H3/t23-,25+,27-,28-,29-/m0/s1. The number of unbranched alkanes of at least 4 members (excludes halogenated alkanes) is 1. The van der Waals surface area contributed by atoms with Crippen LogP contribution < -0.4 is 0 Å². The predicted octanol–water partition coefficient (Wildman–Crippen LogP) is 7.18. The first-order chi connectivity index (χ1) is 18.5. The van der Waals surface area contributed by atoms with Crippen molar-refractivity contribution in [2.75, 3.05) is 41.4 Å². The zero-order valence-corrected chi connectivity index (χ0v) is 28.0. The van der Waals surface area contributed by atoms with Crippen molar-refractivity contribution in [1.82, 2.24) is 0 Å². The molecule has 0 radical (unpaired) electrons. The third kappa shape index (κ3) is 12.7. The van der Waals surface area contributed by atoms with Crippen molar-refractivity contribution in [3.05, 3.63) is 36.5 Å². The van der Waals surface area contributed by atoms with Crippen LogP contribution in [0.15, 0.2) is 36.5 Å². The van der Waals surface area contributed by atoms with E-state index < -0.39 is 21.8 Å². The third-order valence-electron chi connectivity index (χ3n) is 7.52. The van der Waals surface area contributed by atoms with Gasteiger partial charge in [0.1, 0.15) is 19.1 Å². The molecule has 228 valence electrons. The van der Waals surface area contributed by atoms with Crippen molar-refractivity contribution in [2.45, 2.75) is 90.8 Å². The van der Waals surface area contributed by atoms with E-state index in [2.05, 4.69) is 40.3 Å². The van der Waals surface area contributed by atoms with Crippen LogP contribution in [0.5, 0.6) is 0 Å². The molecule has 0 fully saturated rings. The van der Waals surface area contributed by atoms with Crippen LogP contribution in [-0.4, -0.2) is 73.8 Å². The predicted molar refractivity (Wildman–Crippen MR) is 162 cm³/mol. The molecule has 0 amide bonds. The number of carbonyl (C=O) groups is 1. The fraction of sp³-hybridized carbons (Fsp3) is 0.759. The molecule has 0 heterocycles. The number of ketones is 1. The zero-order chi connectivity index (χ0) is 30.1. The summed E-state index contributed by atoms with van der Waals surface area (Å²) in [4.78, 5) is 13.0. The van der Waals surface area contributed by atoms with E-state index in [1.165, 1.54) is 14.2 Å². The summed E-state index contributed by atoms with van der Waals surface area (Å²) in [6, 6.07) is 2.94. The van der Waals surface area contributed by atoms with Crippen molar-refractivity contribution in [3.8, 4) is 0 Å². The second-order valence-corrected chi connectivity index (χ2v) is 17.0. The monoisotopic (exact) mass is 590 g/mol. The Hall–Kier alpha value is -0.903. The lowest BCUT2D eigenvalue weighted by Crippen LogP contribution is -2.48. The molecule has 0 unspecified atom stereocenters. The smallest absolute Gasteiger partial charge is 0.337 e. The second-order valence-electron chi connectivity index (χ2n) is 9.97.